The van der Waals surface area contributed by atoms with Crippen molar-refractivity contribution < 1.29 is 9.53 Å². The lowest BCUT2D eigenvalue weighted by atomic mass is 9.99. The summed E-state index contributed by atoms with van der Waals surface area (Å²) in [6, 6.07) is 8.46. The summed E-state index contributed by atoms with van der Waals surface area (Å²) in [5.74, 6) is 1.93. The van der Waals surface area contributed by atoms with Crippen molar-refractivity contribution in [2.75, 3.05) is 66.1 Å². The van der Waals surface area contributed by atoms with Crippen LogP contribution in [-0.2, 0) is 22.5 Å². The monoisotopic (exact) mass is 555 g/mol. The van der Waals surface area contributed by atoms with Gasteiger partial charge in [-0.25, -0.2) is 0 Å². The minimum absolute atomic E-state index is 0. The Hall–Kier alpha value is -1.39. The van der Waals surface area contributed by atoms with Crippen LogP contribution in [-0.4, -0.2) is 92.6 Å². The molecule has 4 rings (SSSR count). The number of amides is 1. The highest BCUT2D eigenvalue weighted by molar-refractivity contribution is 14.0. The van der Waals surface area contributed by atoms with Gasteiger partial charge in [0, 0.05) is 65.8 Å². The number of halogens is 1. The number of fused-ring (bicyclic) bond motifs is 1. The van der Waals surface area contributed by atoms with Gasteiger partial charge in [-0.05, 0) is 36.3 Å². The van der Waals surface area contributed by atoms with E-state index in [-0.39, 0.29) is 29.9 Å². The zero-order chi connectivity index (χ0) is 21.5. The van der Waals surface area contributed by atoms with Crippen molar-refractivity contribution >= 4 is 35.8 Å². The highest BCUT2D eigenvalue weighted by Gasteiger charge is 2.27. The van der Waals surface area contributed by atoms with Crippen LogP contribution in [0.2, 0.25) is 0 Å². The third-order valence-corrected chi connectivity index (χ3v) is 6.75. The number of carbonyl (C=O) groups is 1. The molecule has 7 nitrogen and oxygen atoms in total. The second kappa shape index (κ2) is 12.7. The van der Waals surface area contributed by atoms with Gasteiger partial charge in [0.1, 0.15) is 0 Å². The Morgan fingerprint density at radius 3 is 2.69 bits per heavy atom. The highest BCUT2D eigenvalue weighted by atomic mass is 127. The molecule has 1 atom stereocenters. The lowest BCUT2D eigenvalue weighted by Gasteiger charge is -2.29. The van der Waals surface area contributed by atoms with Gasteiger partial charge in [-0.2, -0.15) is 0 Å². The van der Waals surface area contributed by atoms with Gasteiger partial charge in [0.25, 0.3) is 0 Å². The van der Waals surface area contributed by atoms with Crippen LogP contribution in [0.15, 0.2) is 29.3 Å². The standard InChI is InChI=1S/C24H37N5O2.HI/c1-25-24(29-11-8-20(18-29)17-27-13-15-31-16-14-27)26-10-4-7-23(30)28-12-9-21-5-2-3-6-22(21)19-28;/h2-3,5-6,20H,4,7-19H2,1H3,(H,25,26);1H. The van der Waals surface area contributed by atoms with E-state index in [1.54, 1.807) is 0 Å². The lowest BCUT2D eigenvalue weighted by Crippen LogP contribution is -2.42. The normalized spacial score (nSPS) is 21.8. The van der Waals surface area contributed by atoms with Crippen LogP contribution in [0.1, 0.15) is 30.4 Å². The van der Waals surface area contributed by atoms with Gasteiger partial charge in [-0.15, -0.1) is 24.0 Å². The van der Waals surface area contributed by atoms with Crippen molar-refractivity contribution in [1.82, 2.24) is 20.0 Å². The van der Waals surface area contributed by atoms with E-state index >= 15 is 0 Å². The molecule has 8 heteroatoms. The van der Waals surface area contributed by atoms with Crippen LogP contribution in [0.25, 0.3) is 0 Å². The maximum absolute atomic E-state index is 12.7. The summed E-state index contributed by atoms with van der Waals surface area (Å²) >= 11 is 0. The van der Waals surface area contributed by atoms with E-state index in [0.717, 1.165) is 84.4 Å². The van der Waals surface area contributed by atoms with Crippen LogP contribution in [0.5, 0.6) is 0 Å². The summed E-state index contributed by atoms with van der Waals surface area (Å²) in [5.41, 5.74) is 2.68. The molecule has 0 spiro atoms. The van der Waals surface area contributed by atoms with Crippen LogP contribution in [0, 0.1) is 5.92 Å². The van der Waals surface area contributed by atoms with Gasteiger partial charge in [0.05, 0.1) is 13.2 Å². The van der Waals surface area contributed by atoms with E-state index in [2.05, 4.69) is 44.4 Å². The maximum Gasteiger partial charge on any atom is 0.222 e. The quantitative estimate of drug-likeness (QED) is 0.253. The van der Waals surface area contributed by atoms with Gasteiger partial charge in [-0.3, -0.25) is 14.7 Å². The zero-order valence-corrected chi connectivity index (χ0v) is 21.6. The second-order valence-corrected chi connectivity index (χ2v) is 8.93. The smallest absolute Gasteiger partial charge is 0.222 e. The topological polar surface area (TPSA) is 60.4 Å². The summed E-state index contributed by atoms with van der Waals surface area (Å²) in [6.07, 6.45) is 3.60. The molecule has 0 aliphatic carbocycles. The molecule has 1 unspecified atom stereocenters. The molecule has 1 amide bonds. The van der Waals surface area contributed by atoms with Gasteiger partial charge >= 0.3 is 0 Å². The second-order valence-electron chi connectivity index (χ2n) is 8.93. The number of rotatable bonds is 6. The number of ether oxygens (including phenoxy) is 1. The SMILES string of the molecule is CN=C(NCCCC(=O)N1CCc2ccccc2C1)N1CCC(CN2CCOCC2)C1.I. The van der Waals surface area contributed by atoms with E-state index in [1.807, 2.05) is 11.9 Å². The van der Waals surface area contributed by atoms with E-state index < -0.39 is 0 Å². The number of aliphatic imine (C=N–C) groups is 1. The molecule has 1 aromatic rings. The Morgan fingerprint density at radius 1 is 1.12 bits per heavy atom. The van der Waals surface area contributed by atoms with Gasteiger partial charge in [0.15, 0.2) is 5.96 Å². The predicted octanol–water partition coefficient (Wildman–Crippen LogP) is 2.20. The summed E-state index contributed by atoms with van der Waals surface area (Å²) in [4.78, 5) is 24.0. The number of likely N-dealkylation sites (tertiary alicyclic amines) is 1. The van der Waals surface area contributed by atoms with Crippen molar-refractivity contribution in [3.63, 3.8) is 0 Å². The number of guanidine groups is 1. The number of benzene rings is 1. The first-order chi connectivity index (χ1) is 15.2. The third-order valence-electron chi connectivity index (χ3n) is 6.75. The molecule has 0 saturated carbocycles. The van der Waals surface area contributed by atoms with Crippen molar-refractivity contribution in [1.29, 1.82) is 0 Å². The third kappa shape index (κ3) is 6.81. The fourth-order valence-corrected chi connectivity index (χ4v) is 4.96. The number of hydrogen-bond donors (Lipinski definition) is 1. The van der Waals surface area contributed by atoms with Crippen LogP contribution in [0.4, 0.5) is 0 Å². The first kappa shape index (κ1) is 25.2. The molecule has 1 N–H and O–H groups in total. The minimum Gasteiger partial charge on any atom is -0.379 e. The Labute approximate surface area is 209 Å². The van der Waals surface area contributed by atoms with Crippen LogP contribution < -0.4 is 5.32 Å². The van der Waals surface area contributed by atoms with E-state index in [0.29, 0.717) is 12.3 Å². The zero-order valence-electron chi connectivity index (χ0n) is 19.3. The number of nitrogens with one attached hydrogen (secondary N) is 1. The van der Waals surface area contributed by atoms with Crippen molar-refractivity contribution in [2.24, 2.45) is 10.9 Å². The Kier molecular flexibility index (Phi) is 10.1. The summed E-state index contributed by atoms with van der Waals surface area (Å²) in [5, 5.41) is 3.48. The fraction of sp³-hybridized carbons (Fsp3) is 0.667. The molecule has 3 heterocycles. The first-order valence-electron chi connectivity index (χ1n) is 11.8. The van der Waals surface area contributed by atoms with Crippen LogP contribution >= 0.6 is 24.0 Å². The molecule has 0 aromatic heterocycles. The molecule has 0 radical (unpaired) electrons. The molecule has 3 aliphatic heterocycles. The maximum atomic E-state index is 12.7. The number of carbonyl (C=O) groups excluding carboxylic acids is 1. The number of nitrogens with zero attached hydrogens (tertiary/aromatic N) is 4. The number of hydrogen-bond acceptors (Lipinski definition) is 4. The van der Waals surface area contributed by atoms with Crippen LogP contribution in [0.3, 0.4) is 0 Å². The molecule has 2 saturated heterocycles. The van der Waals surface area contributed by atoms with E-state index in [1.165, 1.54) is 17.5 Å². The minimum atomic E-state index is 0. The van der Waals surface area contributed by atoms with Gasteiger partial charge < -0.3 is 19.9 Å². The van der Waals surface area contributed by atoms with Crippen molar-refractivity contribution in [3.05, 3.63) is 35.4 Å². The predicted molar refractivity (Wildman–Crippen MR) is 139 cm³/mol. The first-order valence-corrected chi connectivity index (χ1v) is 11.8. The average Bonchev–Trinajstić information content (AvgIpc) is 3.27. The molecule has 2 fully saturated rings. The van der Waals surface area contributed by atoms with Gasteiger partial charge in [-0.1, -0.05) is 24.3 Å². The lowest BCUT2D eigenvalue weighted by molar-refractivity contribution is -0.132. The Balaban J connectivity index is 0.00000289. The van der Waals surface area contributed by atoms with E-state index in [9.17, 15) is 4.79 Å². The average molecular weight is 556 g/mol. The van der Waals surface area contributed by atoms with Crippen molar-refractivity contribution in [3.8, 4) is 0 Å². The largest absolute Gasteiger partial charge is 0.379 e. The van der Waals surface area contributed by atoms with Gasteiger partial charge in [0.2, 0.25) is 5.91 Å². The van der Waals surface area contributed by atoms with E-state index in [4.69, 9.17) is 4.74 Å². The summed E-state index contributed by atoms with van der Waals surface area (Å²) in [7, 11) is 1.86. The molecule has 178 valence electrons. The Morgan fingerprint density at radius 2 is 1.91 bits per heavy atom. The Bertz CT molecular complexity index is 769. The molecule has 32 heavy (non-hydrogen) atoms. The molecule has 0 bridgehead atoms. The number of morpholine rings is 1. The molecular formula is C24H38IN5O2. The molecule has 3 aliphatic rings. The fourth-order valence-electron chi connectivity index (χ4n) is 4.96. The summed E-state index contributed by atoms with van der Waals surface area (Å²) < 4.78 is 5.46. The molecule has 1 aromatic carbocycles. The summed E-state index contributed by atoms with van der Waals surface area (Å²) in [6.45, 7) is 9.48. The van der Waals surface area contributed by atoms with Crippen molar-refractivity contribution in [2.45, 2.75) is 32.2 Å². The highest BCUT2D eigenvalue weighted by Crippen LogP contribution is 2.20. The molecular weight excluding hydrogens is 517 g/mol.